The van der Waals surface area contributed by atoms with E-state index in [1.165, 1.54) is 12.3 Å². The zero-order valence-corrected chi connectivity index (χ0v) is 6.58. The molecule has 0 spiro atoms. The maximum absolute atomic E-state index is 10.4. The van der Waals surface area contributed by atoms with Crippen LogP contribution in [0.3, 0.4) is 0 Å². The highest BCUT2D eigenvalue weighted by Gasteiger charge is 2.09. The van der Waals surface area contributed by atoms with Crippen LogP contribution >= 0.6 is 11.6 Å². The Hall–Kier alpha value is -1.42. The van der Waals surface area contributed by atoms with Gasteiger partial charge < -0.3 is 5.11 Å². The highest BCUT2D eigenvalue weighted by molar-refractivity contribution is 6.32. The summed E-state index contributed by atoms with van der Waals surface area (Å²) >= 11 is 5.44. The summed E-state index contributed by atoms with van der Waals surface area (Å²) in [5.74, 6) is -1.20. The van der Waals surface area contributed by atoms with Crippen LogP contribution in [0.4, 0.5) is 0 Å². The van der Waals surface area contributed by atoms with Crippen molar-refractivity contribution in [3.63, 3.8) is 0 Å². The molecule has 1 heterocycles. The van der Waals surface area contributed by atoms with Crippen molar-refractivity contribution >= 4 is 23.9 Å². The van der Waals surface area contributed by atoms with Gasteiger partial charge in [-0.2, -0.15) is 0 Å². The quantitative estimate of drug-likeness (QED) is 0.556. The molecule has 0 aliphatic heterocycles. The highest BCUT2D eigenvalue weighted by Crippen LogP contribution is 2.12. The van der Waals surface area contributed by atoms with Crippen LogP contribution in [0.2, 0.25) is 5.15 Å². The van der Waals surface area contributed by atoms with Gasteiger partial charge in [0.25, 0.3) is 0 Å². The second-order valence-corrected chi connectivity index (χ2v) is 2.39. The van der Waals surface area contributed by atoms with E-state index in [4.69, 9.17) is 16.7 Å². The van der Waals surface area contributed by atoms with Crippen molar-refractivity contribution in [3.8, 4) is 0 Å². The summed E-state index contributed by atoms with van der Waals surface area (Å²) in [4.78, 5) is 24.2. The number of aromatic carboxylic acids is 1. The average Bonchev–Trinajstić information content (AvgIpc) is 2.05. The molecule has 0 aromatic carbocycles. The number of hydrogen-bond donors (Lipinski definition) is 1. The summed E-state index contributed by atoms with van der Waals surface area (Å²) in [6, 6.07) is 1.17. The number of halogens is 1. The van der Waals surface area contributed by atoms with Crippen LogP contribution in [0.1, 0.15) is 20.7 Å². The minimum atomic E-state index is -1.20. The zero-order valence-electron chi connectivity index (χ0n) is 5.82. The van der Waals surface area contributed by atoms with Gasteiger partial charge in [0, 0.05) is 11.8 Å². The largest absolute Gasteiger partial charge is 0.478 e. The summed E-state index contributed by atoms with van der Waals surface area (Å²) in [6.45, 7) is 0. The number of aromatic nitrogens is 1. The molecule has 0 radical (unpaired) electrons. The molecule has 0 aliphatic rings. The Morgan fingerprint density at radius 2 is 2.33 bits per heavy atom. The van der Waals surface area contributed by atoms with Gasteiger partial charge in [0.2, 0.25) is 0 Å². The molecule has 1 aromatic heterocycles. The van der Waals surface area contributed by atoms with Gasteiger partial charge in [0.1, 0.15) is 5.15 Å². The van der Waals surface area contributed by atoms with Crippen molar-refractivity contribution in [3.05, 3.63) is 28.5 Å². The molecule has 4 nitrogen and oxygen atoms in total. The summed E-state index contributed by atoms with van der Waals surface area (Å²) in [7, 11) is 0. The Morgan fingerprint density at radius 1 is 1.67 bits per heavy atom. The monoisotopic (exact) mass is 185 g/mol. The molecule has 0 bridgehead atoms. The van der Waals surface area contributed by atoms with Gasteiger partial charge >= 0.3 is 5.97 Å². The van der Waals surface area contributed by atoms with Crippen LogP contribution in [-0.2, 0) is 0 Å². The maximum atomic E-state index is 10.4. The van der Waals surface area contributed by atoms with Gasteiger partial charge in [0.15, 0.2) is 6.29 Å². The lowest BCUT2D eigenvalue weighted by molar-refractivity contribution is 0.0696. The number of nitrogens with zero attached hydrogens (tertiary/aromatic N) is 1. The molecule has 0 unspecified atom stereocenters. The number of carbonyl (C=O) groups excluding carboxylic acids is 1. The third-order valence-electron chi connectivity index (χ3n) is 1.23. The predicted molar refractivity (Wildman–Crippen MR) is 41.6 cm³/mol. The molecule has 0 saturated heterocycles. The lowest BCUT2D eigenvalue weighted by Gasteiger charge is -1.96. The van der Waals surface area contributed by atoms with Crippen molar-refractivity contribution in [2.75, 3.05) is 0 Å². The van der Waals surface area contributed by atoms with E-state index in [0.29, 0.717) is 6.29 Å². The highest BCUT2D eigenvalue weighted by atomic mass is 35.5. The molecule has 0 fully saturated rings. The molecule has 0 aliphatic carbocycles. The van der Waals surface area contributed by atoms with Crippen LogP contribution in [-0.4, -0.2) is 22.3 Å². The Bertz CT molecular complexity index is 337. The molecule has 5 heteroatoms. The molecule has 1 rings (SSSR count). The van der Waals surface area contributed by atoms with Crippen LogP contribution in [0.15, 0.2) is 12.3 Å². The van der Waals surface area contributed by atoms with Gasteiger partial charge in [-0.15, -0.1) is 0 Å². The van der Waals surface area contributed by atoms with Gasteiger partial charge in [-0.25, -0.2) is 9.78 Å². The predicted octanol–water partition coefficient (Wildman–Crippen LogP) is 1.25. The van der Waals surface area contributed by atoms with E-state index in [9.17, 15) is 9.59 Å². The standard InChI is InChI=1S/C7H4ClNO3/c8-6-5(7(11)12)1-4(3-10)2-9-6/h1-3H,(H,11,12). The molecular weight excluding hydrogens is 182 g/mol. The summed E-state index contributed by atoms with van der Waals surface area (Å²) in [6.07, 6.45) is 1.72. The maximum Gasteiger partial charge on any atom is 0.338 e. The normalized spacial score (nSPS) is 9.42. The van der Waals surface area contributed by atoms with E-state index in [1.54, 1.807) is 0 Å². The van der Waals surface area contributed by atoms with Gasteiger partial charge in [-0.3, -0.25) is 4.79 Å². The van der Waals surface area contributed by atoms with E-state index >= 15 is 0 Å². The number of hydrogen-bond acceptors (Lipinski definition) is 3. The van der Waals surface area contributed by atoms with Crippen LogP contribution in [0, 0.1) is 0 Å². The number of carbonyl (C=O) groups is 2. The minimum Gasteiger partial charge on any atom is -0.478 e. The van der Waals surface area contributed by atoms with Crippen LogP contribution in [0.5, 0.6) is 0 Å². The van der Waals surface area contributed by atoms with Gasteiger partial charge in [-0.05, 0) is 6.07 Å². The van der Waals surface area contributed by atoms with Crippen molar-refractivity contribution < 1.29 is 14.7 Å². The van der Waals surface area contributed by atoms with E-state index in [1.807, 2.05) is 0 Å². The molecule has 1 N–H and O–H groups in total. The fourth-order valence-electron chi connectivity index (χ4n) is 0.679. The van der Waals surface area contributed by atoms with Crippen molar-refractivity contribution in [1.29, 1.82) is 0 Å². The van der Waals surface area contributed by atoms with Crippen molar-refractivity contribution in [2.24, 2.45) is 0 Å². The van der Waals surface area contributed by atoms with Crippen molar-refractivity contribution in [2.45, 2.75) is 0 Å². The van der Waals surface area contributed by atoms with Crippen molar-refractivity contribution in [1.82, 2.24) is 4.98 Å². The molecule has 12 heavy (non-hydrogen) atoms. The minimum absolute atomic E-state index is 0.117. The zero-order chi connectivity index (χ0) is 9.14. The molecule has 0 amide bonds. The van der Waals surface area contributed by atoms with E-state index in [0.717, 1.165) is 0 Å². The first-order chi connectivity index (χ1) is 5.65. The summed E-state index contributed by atoms with van der Waals surface area (Å²) in [5.41, 5.74) is 0.0260. The first-order valence-corrected chi connectivity index (χ1v) is 3.37. The van der Waals surface area contributed by atoms with E-state index < -0.39 is 5.97 Å². The Morgan fingerprint density at radius 3 is 2.83 bits per heavy atom. The number of carboxylic acids is 1. The Balaban J connectivity index is 3.25. The number of aldehydes is 1. The lowest BCUT2D eigenvalue weighted by Crippen LogP contribution is -2.00. The Labute approximate surface area is 72.8 Å². The number of rotatable bonds is 2. The van der Waals surface area contributed by atoms with Gasteiger partial charge in [-0.1, -0.05) is 11.6 Å². The first-order valence-electron chi connectivity index (χ1n) is 2.99. The van der Waals surface area contributed by atoms with E-state index in [-0.39, 0.29) is 16.3 Å². The topological polar surface area (TPSA) is 67.3 Å². The second kappa shape index (κ2) is 3.32. The molecule has 62 valence electrons. The third-order valence-corrected chi connectivity index (χ3v) is 1.53. The average molecular weight is 186 g/mol. The molecular formula is C7H4ClNO3. The third kappa shape index (κ3) is 1.60. The lowest BCUT2D eigenvalue weighted by atomic mass is 10.2. The van der Waals surface area contributed by atoms with Gasteiger partial charge in [0.05, 0.1) is 5.56 Å². The molecule has 1 aromatic rings. The molecule has 0 atom stereocenters. The SMILES string of the molecule is O=Cc1cnc(Cl)c(C(=O)O)c1. The first kappa shape index (κ1) is 8.67. The molecule has 0 saturated carbocycles. The number of pyridine rings is 1. The Kier molecular flexibility index (Phi) is 2.40. The number of carboxylic acid groups (broad SMARTS) is 1. The summed E-state index contributed by atoms with van der Waals surface area (Å²) < 4.78 is 0. The summed E-state index contributed by atoms with van der Waals surface area (Å²) in [5, 5.41) is 8.43. The fourth-order valence-corrected chi connectivity index (χ4v) is 0.863. The van der Waals surface area contributed by atoms with E-state index in [2.05, 4.69) is 4.98 Å². The van der Waals surface area contributed by atoms with Crippen LogP contribution < -0.4 is 0 Å². The smallest absolute Gasteiger partial charge is 0.338 e. The second-order valence-electron chi connectivity index (χ2n) is 2.03. The fraction of sp³-hybridized carbons (Fsp3) is 0. The van der Waals surface area contributed by atoms with Crippen LogP contribution in [0.25, 0.3) is 0 Å².